The van der Waals surface area contributed by atoms with Crippen LogP contribution in [0.3, 0.4) is 0 Å². The van der Waals surface area contributed by atoms with Gasteiger partial charge in [-0.25, -0.2) is 4.39 Å². The molecule has 0 aliphatic carbocycles. The van der Waals surface area contributed by atoms with Crippen LogP contribution in [0.4, 0.5) is 4.39 Å². The first-order chi connectivity index (χ1) is 12.3. The van der Waals surface area contributed by atoms with Gasteiger partial charge in [0.1, 0.15) is 17.2 Å². The van der Waals surface area contributed by atoms with Crippen LogP contribution in [0.15, 0.2) is 42.5 Å². The van der Waals surface area contributed by atoms with Gasteiger partial charge in [-0.3, -0.25) is 4.79 Å². The Morgan fingerprint density at radius 2 is 2.08 bits per heavy atom. The minimum absolute atomic E-state index is 0.0411. The number of aryl methyl sites for hydroxylation is 1. The van der Waals surface area contributed by atoms with Crippen molar-refractivity contribution in [2.75, 3.05) is 5.75 Å². The number of hydrogen-bond acceptors (Lipinski definition) is 3. The average Bonchev–Trinajstić information content (AvgIpc) is 2.55. The normalized spacial score (nSPS) is 17.9. The fourth-order valence-electron chi connectivity index (χ4n) is 3.19. The Hall–Kier alpha value is -2.01. The summed E-state index contributed by atoms with van der Waals surface area (Å²) in [7, 11) is 0. The average molecular weight is 373 g/mol. The second-order valence-corrected chi connectivity index (χ2v) is 8.30. The van der Waals surface area contributed by atoms with E-state index in [1.54, 1.807) is 12.1 Å². The van der Waals surface area contributed by atoms with Crippen LogP contribution in [0, 0.1) is 12.7 Å². The highest BCUT2D eigenvalue weighted by molar-refractivity contribution is 7.99. The Morgan fingerprint density at radius 3 is 2.85 bits per heavy atom. The van der Waals surface area contributed by atoms with E-state index >= 15 is 0 Å². The van der Waals surface area contributed by atoms with Crippen LogP contribution in [0.25, 0.3) is 0 Å². The van der Waals surface area contributed by atoms with E-state index in [-0.39, 0.29) is 23.4 Å². The van der Waals surface area contributed by atoms with Crippen molar-refractivity contribution in [3.63, 3.8) is 0 Å². The van der Waals surface area contributed by atoms with Crippen molar-refractivity contribution in [1.82, 2.24) is 5.32 Å². The van der Waals surface area contributed by atoms with Crippen LogP contribution < -0.4 is 10.1 Å². The maximum absolute atomic E-state index is 13.6. The monoisotopic (exact) mass is 373 g/mol. The van der Waals surface area contributed by atoms with Crippen molar-refractivity contribution in [1.29, 1.82) is 0 Å². The summed E-state index contributed by atoms with van der Waals surface area (Å²) < 4.78 is 19.7. The van der Waals surface area contributed by atoms with Crippen molar-refractivity contribution >= 4 is 17.7 Å². The predicted molar refractivity (Wildman–Crippen MR) is 104 cm³/mol. The zero-order valence-corrected chi connectivity index (χ0v) is 16.2. The van der Waals surface area contributed by atoms with E-state index in [1.807, 2.05) is 45.0 Å². The van der Waals surface area contributed by atoms with Crippen LogP contribution in [0.5, 0.6) is 5.75 Å². The molecule has 138 valence electrons. The van der Waals surface area contributed by atoms with E-state index in [2.05, 4.69) is 5.32 Å². The van der Waals surface area contributed by atoms with Gasteiger partial charge in [0, 0.05) is 17.7 Å². The topological polar surface area (TPSA) is 38.3 Å². The lowest BCUT2D eigenvalue weighted by molar-refractivity contribution is -0.119. The van der Waals surface area contributed by atoms with E-state index in [4.69, 9.17) is 4.74 Å². The van der Waals surface area contributed by atoms with Gasteiger partial charge >= 0.3 is 0 Å². The fourth-order valence-corrected chi connectivity index (χ4v) is 4.02. The molecule has 0 aromatic heterocycles. The van der Waals surface area contributed by atoms with Gasteiger partial charge in [0.25, 0.3) is 0 Å². The van der Waals surface area contributed by atoms with Crippen molar-refractivity contribution in [3.05, 3.63) is 65.0 Å². The summed E-state index contributed by atoms with van der Waals surface area (Å²) in [6.07, 6.45) is 0.715. The quantitative estimate of drug-likeness (QED) is 0.819. The standard InChI is InChI=1S/C21H24FNO2S/c1-14-8-9-16-18(11-21(2,3)25-19(16)10-14)23-20(24)13-26-12-15-6-4-5-7-17(15)22/h4-10,18H,11-13H2,1-3H3,(H,23,24)/t18-/m0/s1. The number of carbonyl (C=O) groups excluding carboxylic acids is 1. The Balaban J connectivity index is 1.61. The minimum atomic E-state index is -0.334. The van der Waals surface area contributed by atoms with Crippen LogP contribution in [0.1, 0.15) is 43.0 Å². The first-order valence-corrected chi connectivity index (χ1v) is 9.90. The molecule has 0 unspecified atom stereocenters. The molecule has 3 rings (SSSR count). The van der Waals surface area contributed by atoms with E-state index < -0.39 is 0 Å². The highest BCUT2D eigenvalue weighted by Gasteiger charge is 2.34. The van der Waals surface area contributed by atoms with Gasteiger partial charge in [-0.15, -0.1) is 11.8 Å². The number of benzene rings is 2. The van der Waals surface area contributed by atoms with Gasteiger partial charge in [-0.1, -0.05) is 30.3 Å². The minimum Gasteiger partial charge on any atom is -0.487 e. The molecule has 1 atom stereocenters. The molecule has 1 aliphatic heterocycles. The molecule has 0 spiro atoms. The SMILES string of the molecule is Cc1ccc2c(c1)OC(C)(C)C[C@@H]2NC(=O)CSCc1ccccc1F. The summed E-state index contributed by atoms with van der Waals surface area (Å²) in [4.78, 5) is 12.4. The molecule has 26 heavy (non-hydrogen) atoms. The molecule has 1 aliphatic rings. The third-order valence-electron chi connectivity index (χ3n) is 4.41. The molecule has 1 N–H and O–H groups in total. The lowest BCUT2D eigenvalue weighted by atomic mass is 9.89. The zero-order chi connectivity index (χ0) is 18.7. The number of fused-ring (bicyclic) bond motifs is 1. The first kappa shape index (κ1) is 18.8. The summed E-state index contributed by atoms with van der Waals surface area (Å²) >= 11 is 1.42. The zero-order valence-electron chi connectivity index (χ0n) is 15.3. The molecule has 0 fully saturated rings. The molecule has 0 saturated heterocycles. The van der Waals surface area contributed by atoms with Crippen molar-refractivity contribution in [3.8, 4) is 5.75 Å². The van der Waals surface area contributed by atoms with Gasteiger partial charge in [-0.2, -0.15) is 0 Å². The van der Waals surface area contributed by atoms with E-state index in [0.29, 0.717) is 23.5 Å². The molecule has 1 amide bonds. The molecule has 2 aromatic carbocycles. The maximum atomic E-state index is 13.6. The molecule has 3 nitrogen and oxygen atoms in total. The lowest BCUT2D eigenvalue weighted by Gasteiger charge is -2.38. The fraction of sp³-hybridized carbons (Fsp3) is 0.381. The molecular formula is C21H24FNO2S. The molecule has 1 heterocycles. The molecule has 5 heteroatoms. The smallest absolute Gasteiger partial charge is 0.230 e. The maximum Gasteiger partial charge on any atom is 0.230 e. The predicted octanol–water partition coefficient (Wildman–Crippen LogP) is 4.79. The van der Waals surface area contributed by atoms with E-state index in [0.717, 1.165) is 16.9 Å². The number of carbonyl (C=O) groups is 1. The van der Waals surface area contributed by atoms with Gasteiger partial charge in [0.15, 0.2) is 0 Å². The summed E-state index contributed by atoms with van der Waals surface area (Å²) in [5.74, 6) is 1.35. The third kappa shape index (κ3) is 4.58. The Kier molecular flexibility index (Phi) is 5.56. The van der Waals surface area contributed by atoms with Crippen molar-refractivity contribution in [2.24, 2.45) is 0 Å². The van der Waals surface area contributed by atoms with E-state index in [9.17, 15) is 9.18 Å². The van der Waals surface area contributed by atoms with E-state index in [1.165, 1.54) is 17.8 Å². The Morgan fingerprint density at radius 1 is 1.31 bits per heavy atom. The molecule has 2 aromatic rings. The van der Waals surface area contributed by atoms with Crippen molar-refractivity contribution in [2.45, 2.75) is 44.6 Å². The van der Waals surface area contributed by atoms with Crippen LogP contribution in [-0.2, 0) is 10.5 Å². The van der Waals surface area contributed by atoms with Crippen LogP contribution in [0.2, 0.25) is 0 Å². The van der Waals surface area contributed by atoms with Gasteiger partial charge in [0.2, 0.25) is 5.91 Å². The number of nitrogens with one attached hydrogen (secondary N) is 1. The van der Waals surface area contributed by atoms with Gasteiger partial charge in [-0.05, 0) is 44.0 Å². The molecule has 0 bridgehead atoms. The molecule has 0 saturated carbocycles. The number of halogens is 1. The first-order valence-electron chi connectivity index (χ1n) is 8.74. The van der Waals surface area contributed by atoms with Crippen LogP contribution in [-0.4, -0.2) is 17.3 Å². The second kappa shape index (κ2) is 7.70. The van der Waals surface area contributed by atoms with Gasteiger partial charge < -0.3 is 10.1 Å². The number of ether oxygens (including phenoxy) is 1. The number of amides is 1. The largest absolute Gasteiger partial charge is 0.487 e. The summed E-state index contributed by atoms with van der Waals surface area (Å²) in [6, 6.07) is 12.7. The Labute approximate surface area is 158 Å². The summed E-state index contributed by atoms with van der Waals surface area (Å²) in [5.41, 5.74) is 2.44. The highest BCUT2D eigenvalue weighted by atomic mass is 32.2. The van der Waals surface area contributed by atoms with Crippen LogP contribution >= 0.6 is 11.8 Å². The number of rotatable bonds is 5. The van der Waals surface area contributed by atoms with Crippen molar-refractivity contribution < 1.29 is 13.9 Å². The number of hydrogen-bond donors (Lipinski definition) is 1. The molecular weight excluding hydrogens is 349 g/mol. The summed E-state index contributed by atoms with van der Waals surface area (Å²) in [5, 5.41) is 3.12. The third-order valence-corrected chi connectivity index (χ3v) is 5.39. The lowest BCUT2D eigenvalue weighted by Crippen LogP contribution is -2.41. The second-order valence-electron chi connectivity index (χ2n) is 7.31. The highest BCUT2D eigenvalue weighted by Crippen LogP contribution is 2.39. The van der Waals surface area contributed by atoms with Gasteiger partial charge in [0.05, 0.1) is 11.8 Å². The number of thioether (sulfide) groups is 1. The summed E-state index contributed by atoms with van der Waals surface area (Å²) in [6.45, 7) is 6.09. The molecule has 0 radical (unpaired) electrons. The Bertz CT molecular complexity index is 806.